The lowest BCUT2D eigenvalue weighted by Gasteiger charge is -2.34. The number of halogens is 1. The highest BCUT2D eigenvalue weighted by Crippen LogP contribution is 2.40. The number of carbonyl (C=O) groups excluding carboxylic acids is 1. The largest absolute Gasteiger partial charge is 0.340 e. The summed E-state index contributed by atoms with van der Waals surface area (Å²) in [6, 6.07) is 16.4. The molecule has 0 spiro atoms. The van der Waals surface area contributed by atoms with Gasteiger partial charge in [0, 0.05) is 12.1 Å². The molecule has 0 bridgehead atoms. The van der Waals surface area contributed by atoms with Crippen LogP contribution >= 0.6 is 0 Å². The Morgan fingerprint density at radius 2 is 1.91 bits per heavy atom. The number of fused-ring (bicyclic) bond motifs is 1. The highest BCUT2D eigenvalue weighted by Gasteiger charge is 2.44. The van der Waals surface area contributed by atoms with Crippen LogP contribution < -0.4 is 0 Å². The van der Waals surface area contributed by atoms with Gasteiger partial charge in [-0.1, -0.05) is 35.9 Å². The molecule has 168 valence electrons. The number of rotatable bonds is 3. The second kappa shape index (κ2) is 7.84. The number of aryl methyl sites for hydroxylation is 3. The number of H-pyrrole nitrogens is 1. The molecule has 1 aromatic heterocycles. The lowest BCUT2D eigenvalue weighted by Crippen LogP contribution is -2.43. The molecule has 0 saturated carbocycles. The Kier molecular flexibility index (Phi) is 5.08. The first-order valence-corrected chi connectivity index (χ1v) is 11.4. The van der Waals surface area contributed by atoms with Crippen molar-refractivity contribution in [3.05, 3.63) is 88.5 Å². The van der Waals surface area contributed by atoms with E-state index < -0.39 is 5.54 Å². The third-order valence-electron chi connectivity index (χ3n) is 7.12. The molecule has 1 saturated heterocycles. The summed E-state index contributed by atoms with van der Waals surface area (Å²) in [5, 5.41) is 0. The Bertz CT molecular complexity index is 1390. The van der Waals surface area contributed by atoms with Crippen LogP contribution in [0.25, 0.3) is 22.2 Å². The number of hydrogen-bond acceptors (Lipinski definition) is 2. The number of benzene rings is 3. The van der Waals surface area contributed by atoms with Crippen molar-refractivity contribution in [2.24, 2.45) is 0 Å². The van der Waals surface area contributed by atoms with Gasteiger partial charge < -0.3 is 9.88 Å². The summed E-state index contributed by atoms with van der Waals surface area (Å²) in [7, 11) is 0. The first kappa shape index (κ1) is 21.4. The molecule has 0 aliphatic carbocycles. The maximum atomic E-state index is 14.0. The van der Waals surface area contributed by atoms with Crippen LogP contribution in [0.4, 0.5) is 4.39 Å². The third kappa shape index (κ3) is 3.52. The molecule has 1 fully saturated rings. The number of amides is 1. The highest BCUT2D eigenvalue weighted by molar-refractivity contribution is 6.01. The van der Waals surface area contributed by atoms with Gasteiger partial charge >= 0.3 is 0 Å². The van der Waals surface area contributed by atoms with Crippen LogP contribution in [-0.2, 0) is 5.54 Å². The van der Waals surface area contributed by atoms with Gasteiger partial charge in [0.2, 0.25) is 0 Å². The molecule has 5 rings (SSSR count). The Balaban J connectivity index is 1.59. The van der Waals surface area contributed by atoms with Gasteiger partial charge in [-0.25, -0.2) is 9.37 Å². The van der Waals surface area contributed by atoms with Crippen LogP contribution in [0.15, 0.2) is 54.6 Å². The molecular weight excluding hydrogens is 413 g/mol. The van der Waals surface area contributed by atoms with Crippen LogP contribution in [-0.4, -0.2) is 27.3 Å². The molecule has 0 radical (unpaired) electrons. The smallest absolute Gasteiger partial charge is 0.255 e. The van der Waals surface area contributed by atoms with Crippen molar-refractivity contribution in [2.45, 2.75) is 46.1 Å². The van der Waals surface area contributed by atoms with Gasteiger partial charge in [-0.15, -0.1) is 0 Å². The summed E-state index contributed by atoms with van der Waals surface area (Å²) in [6.07, 6.45) is 1.73. The van der Waals surface area contributed by atoms with Gasteiger partial charge in [-0.2, -0.15) is 0 Å². The normalized spacial score (nSPS) is 18.3. The minimum atomic E-state index is -0.542. The number of imidazole rings is 1. The molecule has 1 atom stereocenters. The first-order valence-electron chi connectivity index (χ1n) is 11.4. The second-order valence-corrected chi connectivity index (χ2v) is 9.38. The summed E-state index contributed by atoms with van der Waals surface area (Å²) in [4.78, 5) is 24.4. The quantitative estimate of drug-likeness (QED) is 0.397. The zero-order chi connectivity index (χ0) is 23.3. The van der Waals surface area contributed by atoms with Crippen LogP contribution in [0.1, 0.15) is 52.6 Å². The summed E-state index contributed by atoms with van der Waals surface area (Å²) in [5.41, 5.74) is 6.80. The van der Waals surface area contributed by atoms with Crippen molar-refractivity contribution in [3.8, 4) is 11.1 Å². The zero-order valence-electron chi connectivity index (χ0n) is 19.5. The fraction of sp³-hybridized carbons (Fsp3) is 0.286. The molecule has 1 unspecified atom stereocenters. The van der Waals surface area contributed by atoms with E-state index in [-0.39, 0.29) is 11.7 Å². The molecule has 1 N–H and O–H groups in total. The minimum Gasteiger partial charge on any atom is -0.340 e. The number of nitrogens with zero attached hydrogens (tertiary/aromatic N) is 2. The van der Waals surface area contributed by atoms with Gasteiger partial charge in [0.15, 0.2) is 0 Å². The van der Waals surface area contributed by atoms with Gasteiger partial charge in [-0.3, -0.25) is 4.79 Å². The van der Waals surface area contributed by atoms with E-state index in [0.717, 1.165) is 46.4 Å². The summed E-state index contributed by atoms with van der Waals surface area (Å²) >= 11 is 0. The number of aromatic amines is 1. The Labute approximate surface area is 193 Å². The topological polar surface area (TPSA) is 49.0 Å². The highest BCUT2D eigenvalue weighted by atomic mass is 19.1. The molecule has 3 aromatic carbocycles. The van der Waals surface area contributed by atoms with Crippen molar-refractivity contribution in [1.82, 2.24) is 14.9 Å². The number of likely N-dealkylation sites (tertiary alicyclic amines) is 1. The van der Waals surface area contributed by atoms with E-state index in [9.17, 15) is 9.18 Å². The molecule has 4 aromatic rings. The fourth-order valence-corrected chi connectivity index (χ4v) is 4.99. The lowest BCUT2D eigenvalue weighted by atomic mass is 9.94. The number of nitrogens with one attached hydrogen (secondary N) is 1. The molecule has 4 nitrogen and oxygen atoms in total. The fourth-order valence-electron chi connectivity index (χ4n) is 4.99. The molecule has 2 heterocycles. The Morgan fingerprint density at radius 3 is 2.70 bits per heavy atom. The summed E-state index contributed by atoms with van der Waals surface area (Å²) < 4.78 is 14.0. The molecular formula is C28H28FN3O. The minimum absolute atomic E-state index is 0.0497. The monoisotopic (exact) mass is 441 g/mol. The number of carbonyl (C=O) groups is 1. The summed E-state index contributed by atoms with van der Waals surface area (Å²) in [6.45, 7) is 8.89. The molecule has 1 amide bonds. The predicted octanol–water partition coefficient (Wildman–Crippen LogP) is 6.45. The maximum absolute atomic E-state index is 14.0. The summed E-state index contributed by atoms with van der Waals surface area (Å²) in [5.74, 6) is 0.453. The standard InChI is InChI=1S/C28H28FN3O/c1-17-9-11-22(20-7-5-8-21(29)16-20)23(15-17)26(33)32-14-6-13-28(32,4)27-30-24-12-10-18(2)19(3)25(24)31-27/h5,7-12,15-16H,6,13-14H2,1-4H3,(H,30,31). The average molecular weight is 442 g/mol. The second-order valence-electron chi connectivity index (χ2n) is 9.38. The van der Waals surface area contributed by atoms with E-state index in [4.69, 9.17) is 4.98 Å². The van der Waals surface area contributed by atoms with Crippen LogP contribution in [0, 0.1) is 26.6 Å². The van der Waals surface area contributed by atoms with Crippen LogP contribution in [0.3, 0.4) is 0 Å². The SMILES string of the molecule is Cc1ccc(-c2cccc(F)c2)c(C(=O)N2CCCC2(C)c2nc3c(C)c(C)ccc3[nH]2)c1. The molecule has 33 heavy (non-hydrogen) atoms. The van der Waals surface area contributed by atoms with Crippen molar-refractivity contribution in [3.63, 3.8) is 0 Å². The van der Waals surface area contributed by atoms with E-state index in [0.29, 0.717) is 17.7 Å². The lowest BCUT2D eigenvalue weighted by molar-refractivity contribution is 0.0606. The predicted molar refractivity (Wildman–Crippen MR) is 130 cm³/mol. The molecule has 1 aliphatic heterocycles. The van der Waals surface area contributed by atoms with Crippen molar-refractivity contribution >= 4 is 16.9 Å². The van der Waals surface area contributed by atoms with Crippen LogP contribution in [0.2, 0.25) is 0 Å². The number of aromatic nitrogens is 2. The van der Waals surface area contributed by atoms with E-state index in [1.165, 1.54) is 17.7 Å². The van der Waals surface area contributed by atoms with Crippen molar-refractivity contribution < 1.29 is 9.18 Å². The third-order valence-corrected chi connectivity index (χ3v) is 7.12. The van der Waals surface area contributed by atoms with E-state index >= 15 is 0 Å². The van der Waals surface area contributed by atoms with E-state index in [1.807, 2.05) is 36.1 Å². The van der Waals surface area contributed by atoms with Gasteiger partial charge in [0.05, 0.1) is 16.6 Å². The molecule has 5 heteroatoms. The Morgan fingerprint density at radius 1 is 1.09 bits per heavy atom. The zero-order valence-corrected chi connectivity index (χ0v) is 19.5. The van der Waals surface area contributed by atoms with Gasteiger partial charge in [0.25, 0.3) is 5.91 Å². The van der Waals surface area contributed by atoms with E-state index in [2.05, 4.69) is 37.9 Å². The van der Waals surface area contributed by atoms with Gasteiger partial charge in [-0.05, 0) is 87.1 Å². The Hall–Kier alpha value is -3.47. The number of hydrogen-bond donors (Lipinski definition) is 1. The molecule has 1 aliphatic rings. The van der Waals surface area contributed by atoms with E-state index in [1.54, 1.807) is 6.07 Å². The maximum Gasteiger partial charge on any atom is 0.255 e. The average Bonchev–Trinajstić information content (AvgIpc) is 3.41. The van der Waals surface area contributed by atoms with Gasteiger partial charge in [0.1, 0.15) is 11.6 Å². The first-order chi connectivity index (χ1) is 15.8. The van der Waals surface area contributed by atoms with Crippen molar-refractivity contribution in [2.75, 3.05) is 6.54 Å². The van der Waals surface area contributed by atoms with Crippen LogP contribution in [0.5, 0.6) is 0 Å². The van der Waals surface area contributed by atoms with Crippen molar-refractivity contribution in [1.29, 1.82) is 0 Å².